The summed E-state index contributed by atoms with van der Waals surface area (Å²) in [7, 11) is 0. The Bertz CT molecular complexity index is 229. The Kier molecular flexibility index (Phi) is 6.33. The summed E-state index contributed by atoms with van der Waals surface area (Å²) in [5.74, 6) is 4.57. The van der Waals surface area contributed by atoms with E-state index in [0.29, 0.717) is 0 Å². The minimum Gasteiger partial charge on any atom is -0.314 e. The second-order valence-corrected chi connectivity index (χ2v) is 7.15. The average molecular weight is 270 g/mol. The average Bonchev–Trinajstić information content (AvgIpc) is 2.42. The summed E-state index contributed by atoms with van der Waals surface area (Å²) in [5, 5.41) is 3.74. The smallest absolute Gasteiger partial charge is 0.0108 e. The predicted molar refractivity (Wildman–Crippen MR) is 82.4 cm³/mol. The van der Waals surface area contributed by atoms with Crippen LogP contribution in [0.2, 0.25) is 0 Å². The molecule has 0 radical (unpaired) electrons. The summed E-state index contributed by atoms with van der Waals surface area (Å²) in [6.45, 7) is 9.73. The van der Waals surface area contributed by atoms with E-state index in [4.69, 9.17) is 0 Å². The lowest BCUT2D eigenvalue weighted by molar-refractivity contribution is 0.145. The van der Waals surface area contributed by atoms with Gasteiger partial charge in [-0.1, -0.05) is 20.3 Å². The molecule has 1 heterocycles. The molecule has 1 N–H and O–H groups in total. The predicted octanol–water partition coefficient (Wildman–Crippen LogP) is 2.84. The number of thioether (sulfide) groups is 1. The second kappa shape index (κ2) is 7.76. The molecule has 0 aromatic rings. The van der Waals surface area contributed by atoms with Gasteiger partial charge in [0.2, 0.25) is 0 Å². The van der Waals surface area contributed by atoms with Gasteiger partial charge in [0, 0.05) is 37.2 Å². The maximum atomic E-state index is 3.74. The zero-order valence-electron chi connectivity index (χ0n) is 12.2. The maximum absolute atomic E-state index is 3.74. The van der Waals surface area contributed by atoms with Crippen molar-refractivity contribution in [1.29, 1.82) is 0 Å². The molecule has 3 unspecified atom stereocenters. The molecule has 0 amide bonds. The lowest BCUT2D eigenvalue weighted by Gasteiger charge is -2.40. The molecule has 1 aliphatic heterocycles. The summed E-state index contributed by atoms with van der Waals surface area (Å²) < 4.78 is 0. The molecule has 3 atom stereocenters. The fraction of sp³-hybridized carbons (Fsp3) is 1.00. The molecular formula is C15H30N2S. The van der Waals surface area contributed by atoms with E-state index in [9.17, 15) is 0 Å². The topological polar surface area (TPSA) is 15.3 Å². The Morgan fingerprint density at radius 2 is 1.94 bits per heavy atom. The van der Waals surface area contributed by atoms with Gasteiger partial charge in [-0.3, -0.25) is 0 Å². The zero-order valence-corrected chi connectivity index (χ0v) is 13.0. The molecule has 2 fully saturated rings. The SMILES string of the molecule is CCNC1CCC(CC)CC1CN1CCSCC1. The largest absolute Gasteiger partial charge is 0.314 e. The molecule has 1 saturated heterocycles. The van der Waals surface area contributed by atoms with Crippen molar-refractivity contribution in [1.82, 2.24) is 10.2 Å². The van der Waals surface area contributed by atoms with Crippen molar-refractivity contribution in [3.8, 4) is 0 Å². The second-order valence-electron chi connectivity index (χ2n) is 5.92. The van der Waals surface area contributed by atoms with E-state index in [1.165, 1.54) is 56.8 Å². The van der Waals surface area contributed by atoms with Crippen LogP contribution in [0.15, 0.2) is 0 Å². The van der Waals surface area contributed by atoms with E-state index in [1.54, 1.807) is 0 Å². The van der Waals surface area contributed by atoms with Gasteiger partial charge in [-0.25, -0.2) is 0 Å². The third-order valence-corrected chi connectivity index (χ3v) is 5.67. The highest BCUT2D eigenvalue weighted by Gasteiger charge is 2.30. The molecule has 3 heteroatoms. The van der Waals surface area contributed by atoms with Gasteiger partial charge in [-0.15, -0.1) is 0 Å². The lowest BCUT2D eigenvalue weighted by atomic mass is 9.76. The molecule has 0 aromatic carbocycles. The first kappa shape index (κ1) is 14.7. The van der Waals surface area contributed by atoms with Crippen LogP contribution in [0.25, 0.3) is 0 Å². The Hall–Kier alpha value is 0.270. The van der Waals surface area contributed by atoms with Crippen molar-refractivity contribution >= 4 is 11.8 Å². The minimum absolute atomic E-state index is 0.785. The fourth-order valence-corrected chi connectivity index (χ4v) is 4.56. The first-order valence-electron chi connectivity index (χ1n) is 7.87. The summed E-state index contributed by atoms with van der Waals surface area (Å²) in [5.41, 5.74) is 0. The number of rotatable bonds is 5. The van der Waals surface area contributed by atoms with Gasteiger partial charge in [0.1, 0.15) is 0 Å². The van der Waals surface area contributed by atoms with E-state index < -0.39 is 0 Å². The van der Waals surface area contributed by atoms with Crippen LogP contribution in [-0.2, 0) is 0 Å². The third-order valence-electron chi connectivity index (χ3n) is 4.73. The van der Waals surface area contributed by atoms with Crippen molar-refractivity contribution in [2.24, 2.45) is 11.8 Å². The van der Waals surface area contributed by atoms with E-state index in [2.05, 4.69) is 35.8 Å². The van der Waals surface area contributed by atoms with Gasteiger partial charge < -0.3 is 10.2 Å². The van der Waals surface area contributed by atoms with Gasteiger partial charge in [0.15, 0.2) is 0 Å². The number of nitrogens with one attached hydrogen (secondary N) is 1. The van der Waals surface area contributed by atoms with Crippen LogP contribution in [0, 0.1) is 11.8 Å². The molecule has 0 spiro atoms. The zero-order chi connectivity index (χ0) is 12.8. The van der Waals surface area contributed by atoms with Gasteiger partial charge in [0.05, 0.1) is 0 Å². The number of nitrogens with zero attached hydrogens (tertiary/aromatic N) is 1. The number of hydrogen-bond acceptors (Lipinski definition) is 3. The van der Waals surface area contributed by atoms with Crippen LogP contribution < -0.4 is 5.32 Å². The van der Waals surface area contributed by atoms with Crippen LogP contribution >= 0.6 is 11.8 Å². The van der Waals surface area contributed by atoms with Crippen molar-refractivity contribution in [3.63, 3.8) is 0 Å². The highest BCUT2D eigenvalue weighted by atomic mass is 32.2. The van der Waals surface area contributed by atoms with Crippen LogP contribution in [0.4, 0.5) is 0 Å². The molecule has 2 aliphatic rings. The summed E-state index contributed by atoms with van der Waals surface area (Å²) in [4.78, 5) is 2.71. The monoisotopic (exact) mass is 270 g/mol. The minimum atomic E-state index is 0.785. The van der Waals surface area contributed by atoms with Crippen molar-refractivity contribution < 1.29 is 0 Å². The Labute approximate surface area is 117 Å². The van der Waals surface area contributed by atoms with Crippen molar-refractivity contribution in [3.05, 3.63) is 0 Å². The van der Waals surface area contributed by atoms with Gasteiger partial charge in [0.25, 0.3) is 0 Å². The molecule has 2 nitrogen and oxygen atoms in total. The quantitative estimate of drug-likeness (QED) is 0.827. The van der Waals surface area contributed by atoms with E-state index in [1.807, 2.05) is 0 Å². The fourth-order valence-electron chi connectivity index (χ4n) is 3.58. The van der Waals surface area contributed by atoms with Gasteiger partial charge >= 0.3 is 0 Å². The standard InChI is InChI=1S/C15H30N2S/c1-3-13-5-6-15(16-4-2)14(11-13)12-17-7-9-18-10-8-17/h13-16H,3-12H2,1-2H3. The molecule has 0 bridgehead atoms. The van der Waals surface area contributed by atoms with E-state index in [-0.39, 0.29) is 0 Å². The first-order valence-corrected chi connectivity index (χ1v) is 9.02. The Morgan fingerprint density at radius 3 is 2.61 bits per heavy atom. The maximum Gasteiger partial charge on any atom is 0.0108 e. The lowest BCUT2D eigenvalue weighted by Crippen LogP contribution is -2.47. The Morgan fingerprint density at radius 1 is 1.17 bits per heavy atom. The van der Waals surface area contributed by atoms with Gasteiger partial charge in [-0.2, -0.15) is 11.8 Å². The van der Waals surface area contributed by atoms with Gasteiger partial charge in [-0.05, 0) is 37.6 Å². The summed E-state index contributed by atoms with van der Waals surface area (Å²) in [6.07, 6.45) is 5.68. The normalized spacial score (nSPS) is 34.7. The van der Waals surface area contributed by atoms with Crippen LogP contribution in [-0.4, -0.2) is 48.6 Å². The van der Waals surface area contributed by atoms with Crippen molar-refractivity contribution in [2.75, 3.05) is 37.7 Å². The summed E-state index contributed by atoms with van der Waals surface area (Å²) >= 11 is 2.12. The molecule has 2 rings (SSSR count). The molecule has 106 valence electrons. The first-order chi connectivity index (χ1) is 8.83. The Balaban J connectivity index is 1.86. The third kappa shape index (κ3) is 4.14. The molecule has 1 aliphatic carbocycles. The van der Waals surface area contributed by atoms with Crippen LogP contribution in [0.3, 0.4) is 0 Å². The number of hydrogen-bond donors (Lipinski definition) is 1. The molecule has 18 heavy (non-hydrogen) atoms. The molecule has 1 saturated carbocycles. The van der Waals surface area contributed by atoms with Crippen LogP contribution in [0.5, 0.6) is 0 Å². The van der Waals surface area contributed by atoms with E-state index in [0.717, 1.165) is 24.4 Å². The van der Waals surface area contributed by atoms with Crippen molar-refractivity contribution in [2.45, 2.75) is 45.6 Å². The molecular weight excluding hydrogens is 240 g/mol. The highest BCUT2D eigenvalue weighted by molar-refractivity contribution is 7.99. The summed E-state index contributed by atoms with van der Waals surface area (Å²) in [6, 6.07) is 0.785. The van der Waals surface area contributed by atoms with E-state index >= 15 is 0 Å². The van der Waals surface area contributed by atoms with Crippen LogP contribution in [0.1, 0.15) is 39.5 Å². The highest BCUT2D eigenvalue weighted by Crippen LogP contribution is 2.32. The molecule has 0 aromatic heterocycles.